The summed E-state index contributed by atoms with van der Waals surface area (Å²) in [5.74, 6) is 0.376. The molecule has 9 heteroatoms. The molecule has 0 fully saturated rings. The van der Waals surface area contributed by atoms with Gasteiger partial charge in [-0.3, -0.25) is 4.79 Å². The molecule has 0 atom stereocenters. The lowest BCUT2D eigenvalue weighted by molar-refractivity contribution is 0.102. The maximum absolute atomic E-state index is 12.7. The number of rotatable bonds is 6. The summed E-state index contributed by atoms with van der Waals surface area (Å²) in [5.41, 5.74) is 0.397. The van der Waals surface area contributed by atoms with E-state index in [1.54, 1.807) is 18.2 Å². The van der Waals surface area contributed by atoms with E-state index >= 15 is 0 Å². The van der Waals surface area contributed by atoms with Gasteiger partial charge in [0.05, 0.1) is 35.4 Å². The highest BCUT2D eigenvalue weighted by Gasteiger charge is 2.21. The lowest BCUT2D eigenvalue weighted by Gasteiger charge is -2.14. The predicted molar refractivity (Wildman–Crippen MR) is 99.8 cm³/mol. The van der Waals surface area contributed by atoms with Gasteiger partial charge in [0, 0.05) is 20.2 Å². The van der Waals surface area contributed by atoms with Crippen LogP contribution in [-0.4, -0.2) is 46.9 Å². The van der Waals surface area contributed by atoms with Gasteiger partial charge in [-0.1, -0.05) is 11.6 Å². The molecule has 0 aromatic heterocycles. The van der Waals surface area contributed by atoms with Crippen LogP contribution >= 0.6 is 11.6 Å². The van der Waals surface area contributed by atoms with Crippen LogP contribution in [-0.2, 0) is 10.0 Å². The Labute approximate surface area is 157 Å². The largest absolute Gasteiger partial charge is 0.497 e. The van der Waals surface area contributed by atoms with Gasteiger partial charge in [0.1, 0.15) is 11.5 Å². The van der Waals surface area contributed by atoms with Crippen LogP contribution in [0.3, 0.4) is 0 Å². The predicted octanol–water partition coefficient (Wildman–Crippen LogP) is 2.86. The molecule has 2 rings (SSSR count). The third-order valence-electron chi connectivity index (χ3n) is 3.62. The number of hydrogen-bond donors (Lipinski definition) is 1. The zero-order valence-electron chi connectivity index (χ0n) is 14.7. The molecule has 0 saturated carbocycles. The van der Waals surface area contributed by atoms with E-state index in [1.807, 2.05) is 0 Å². The van der Waals surface area contributed by atoms with E-state index < -0.39 is 15.9 Å². The first kappa shape index (κ1) is 20.0. The number of methoxy groups -OCH3 is 2. The molecule has 0 aliphatic rings. The van der Waals surface area contributed by atoms with Gasteiger partial charge in [0.2, 0.25) is 10.0 Å². The Balaban J connectivity index is 2.42. The number of sulfonamides is 1. The van der Waals surface area contributed by atoms with E-state index in [1.165, 1.54) is 46.5 Å². The van der Waals surface area contributed by atoms with Crippen molar-refractivity contribution in [1.82, 2.24) is 4.31 Å². The molecule has 0 spiro atoms. The maximum Gasteiger partial charge on any atom is 0.257 e. The molecule has 1 N–H and O–H groups in total. The van der Waals surface area contributed by atoms with Crippen molar-refractivity contribution in [2.75, 3.05) is 33.6 Å². The van der Waals surface area contributed by atoms with Crippen molar-refractivity contribution in [2.24, 2.45) is 0 Å². The van der Waals surface area contributed by atoms with Crippen LogP contribution in [0.5, 0.6) is 11.5 Å². The molecule has 26 heavy (non-hydrogen) atoms. The number of hydrogen-bond acceptors (Lipinski definition) is 5. The number of halogens is 1. The van der Waals surface area contributed by atoms with Gasteiger partial charge in [0.25, 0.3) is 5.91 Å². The zero-order valence-corrected chi connectivity index (χ0v) is 16.3. The standard InChI is InChI=1S/C17H19ClN2O5S/c1-20(2)26(22,23)12-6-7-14(18)13(10-12)17(21)19-15-9-11(24-3)5-8-16(15)25-4/h5-10H,1-4H3,(H,19,21). The number of nitrogens with one attached hydrogen (secondary N) is 1. The summed E-state index contributed by atoms with van der Waals surface area (Å²) >= 11 is 6.09. The molecule has 2 aromatic carbocycles. The summed E-state index contributed by atoms with van der Waals surface area (Å²) in [7, 11) is 2.09. The highest BCUT2D eigenvalue weighted by molar-refractivity contribution is 7.89. The lowest BCUT2D eigenvalue weighted by atomic mass is 10.2. The second-order valence-electron chi connectivity index (χ2n) is 5.45. The molecule has 1 amide bonds. The first-order valence-corrected chi connectivity index (χ1v) is 9.28. The van der Waals surface area contributed by atoms with Crippen LogP contribution in [0, 0.1) is 0 Å². The minimum atomic E-state index is -3.70. The highest BCUT2D eigenvalue weighted by atomic mass is 35.5. The first-order chi connectivity index (χ1) is 12.2. The van der Waals surface area contributed by atoms with Gasteiger partial charge in [-0.15, -0.1) is 0 Å². The summed E-state index contributed by atoms with van der Waals surface area (Å²) in [4.78, 5) is 12.6. The molecule has 0 radical (unpaired) electrons. The monoisotopic (exact) mass is 398 g/mol. The third-order valence-corrected chi connectivity index (χ3v) is 5.76. The Morgan fingerprint density at radius 1 is 1.08 bits per heavy atom. The average molecular weight is 399 g/mol. The van der Waals surface area contributed by atoms with Gasteiger partial charge in [-0.25, -0.2) is 12.7 Å². The molecule has 2 aromatic rings. The quantitative estimate of drug-likeness (QED) is 0.808. The third kappa shape index (κ3) is 4.09. The number of carbonyl (C=O) groups is 1. The molecule has 0 unspecified atom stereocenters. The highest BCUT2D eigenvalue weighted by Crippen LogP contribution is 2.30. The Hall–Kier alpha value is -2.29. The number of nitrogens with zero attached hydrogens (tertiary/aromatic N) is 1. The molecule has 140 valence electrons. The van der Waals surface area contributed by atoms with Crippen molar-refractivity contribution in [3.63, 3.8) is 0 Å². The van der Waals surface area contributed by atoms with Crippen molar-refractivity contribution < 1.29 is 22.7 Å². The van der Waals surface area contributed by atoms with Crippen molar-refractivity contribution in [1.29, 1.82) is 0 Å². The van der Waals surface area contributed by atoms with E-state index in [0.29, 0.717) is 17.2 Å². The van der Waals surface area contributed by atoms with E-state index in [4.69, 9.17) is 21.1 Å². The number of amides is 1. The summed E-state index contributed by atoms with van der Waals surface area (Å²) in [6.07, 6.45) is 0. The molecule has 0 aliphatic carbocycles. The van der Waals surface area contributed by atoms with E-state index in [9.17, 15) is 13.2 Å². The minimum absolute atomic E-state index is 0.0273. The van der Waals surface area contributed by atoms with Gasteiger partial charge >= 0.3 is 0 Å². The van der Waals surface area contributed by atoms with E-state index in [2.05, 4.69) is 5.32 Å². The fourth-order valence-corrected chi connectivity index (χ4v) is 3.28. The summed E-state index contributed by atoms with van der Waals surface area (Å²) in [6.45, 7) is 0. The molecule has 0 aliphatic heterocycles. The van der Waals surface area contributed by atoms with Crippen LogP contribution < -0.4 is 14.8 Å². The zero-order chi connectivity index (χ0) is 19.5. The minimum Gasteiger partial charge on any atom is -0.497 e. The number of ether oxygens (including phenoxy) is 2. The number of carbonyl (C=O) groups excluding carboxylic acids is 1. The van der Waals surface area contributed by atoms with Gasteiger partial charge in [-0.05, 0) is 30.3 Å². The average Bonchev–Trinajstić information content (AvgIpc) is 2.61. The van der Waals surface area contributed by atoms with Gasteiger partial charge in [-0.2, -0.15) is 0 Å². The van der Waals surface area contributed by atoms with E-state index in [0.717, 1.165) is 4.31 Å². The summed E-state index contributed by atoms with van der Waals surface area (Å²) in [6, 6.07) is 8.87. The Kier molecular flexibility index (Phi) is 6.12. The lowest BCUT2D eigenvalue weighted by Crippen LogP contribution is -2.23. The van der Waals surface area contributed by atoms with Crippen LogP contribution in [0.1, 0.15) is 10.4 Å². The fraction of sp³-hybridized carbons (Fsp3) is 0.235. The molecule has 0 heterocycles. The van der Waals surface area contributed by atoms with Crippen LogP contribution in [0.25, 0.3) is 0 Å². The smallest absolute Gasteiger partial charge is 0.257 e. The Bertz CT molecular complexity index is 929. The van der Waals surface area contributed by atoms with Gasteiger partial charge < -0.3 is 14.8 Å². The molecular formula is C17H19ClN2O5S. The number of anilines is 1. The van der Waals surface area contributed by atoms with Gasteiger partial charge in [0.15, 0.2) is 0 Å². The van der Waals surface area contributed by atoms with Crippen LogP contribution in [0.4, 0.5) is 5.69 Å². The van der Waals surface area contributed by atoms with E-state index in [-0.39, 0.29) is 15.5 Å². The Morgan fingerprint density at radius 3 is 2.35 bits per heavy atom. The topological polar surface area (TPSA) is 84.9 Å². The summed E-state index contributed by atoms with van der Waals surface area (Å²) < 4.78 is 36.0. The summed E-state index contributed by atoms with van der Waals surface area (Å²) in [5, 5.41) is 2.79. The Morgan fingerprint density at radius 2 is 1.77 bits per heavy atom. The number of benzene rings is 2. The van der Waals surface area contributed by atoms with Crippen molar-refractivity contribution in [3.8, 4) is 11.5 Å². The molecule has 7 nitrogen and oxygen atoms in total. The fourth-order valence-electron chi connectivity index (χ4n) is 2.15. The molecule has 0 bridgehead atoms. The van der Waals surface area contributed by atoms with Crippen LogP contribution in [0.15, 0.2) is 41.3 Å². The molecule has 0 saturated heterocycles. The maximum atomic E-state index is 12.7. The SMILES string of the molecule is COc1ccc(OC)c(NC(=O)c2cc(S(=O)(=O)N(C)C)ccc2Cl)c1. The second-order valence-corrected chi connectivity index (χ2v) is 8.01. The van der Waals surface area contributed by atoms with Crippen LogP contribution in [0.2, 0.25) is 5.02 Å². The second kappa shape index (κ2) is 7.94. The normalized spacial score (nSPS) is 11.3. The van der Waals surface area contributed by atoms with Crippen molar-refractivity contribution in [2.45, 2.75) is 4.90 Å². The molecular weight excluding hydrogens is 380 g/mol. The van der Waals surface area contributed by atoms with Crippen molar-refractivity contribution >= 4 is 33.2 Å². The first-order valence-electron chi connectivity index (χ1n) is 7.46. The van der Waals surface area contributed by atoms with Crippen molar-refractivity contribution in [3.05, 3.63) is 47.0 Å².